The van der Waals surface area contributed by atoms with E-state index < -0.39 is 0 Å². The van der Waals surface area contributed by atoms with Crippen LogP contribution in [-0.2, 0) is 9.53 Å². The summed E-state index contributed by atoms with van der Waals surface area (Å²) in [5.41, 5.74) is 0.377. The summed E-state index contributed by atoms with van der Waals surface area (Å²) in [6.07, 6.45) is 3.80. The third-order valence-electron chi connectivity index (χ3n) is 2.98. The van der Waals surface area contributed by atoms with Crippen LogP contribution in [0.15, 0.2) is 0 Å². The molecule has 1 fully saturated rings. The minimum atomic E-state index is -0.0202. The topological polar surface area (TPSA) is 26.3 Å². The summed E-state index contributed by atoms with van der Waals surface area (Å²) < 4.78 is 5.46. The number of hydrogen-bond donors (Lipinski definition) is 0. The van der Waals surface area contributed by atoms with Gasteiger partial charge in [-0.3, -0.25) is 4.79 Å². The largest absolute Gasteiger partial charge is 0.462 e. The molecule has 1 aliphatic heterocycles. The second-order valence-electron chi connectivity index (χ2n) is 6.60. The molecule has 2 nitrogen and oxygen atoms in total. The van der Waals surface area contributed by atoms with Crippen LogP contribution in [0.5, 0.6) is 0 Å². The number of carbonyl (C=O) groups excluding carboxylic acids is 1. The lowest BCUT2D eigenvalue weighted by Crippen LogP contribution is -2.39. The molecule has 0 aliphatic carbocycles. The molecule has 0 amide bonds. The van der Waals surface area contributed by atoms with E-state index in [-0.39, 0.29) is 22.9 Å². The van der Waals surface area contributed by atoms with E-state index in [0.717, 1.165) is 19.3 Å². The van der Waals surface area contributed by atoms with Gasteiger partial charge in [0.15, 0.2) is 0 Å². The Balaban J connectivity index is 2.63. The normalized spacial score (nSPS) is 23.8. The van der Waals surface area contributed by atoms with Gasteiger partial charge in [-0.2, -0.15) is 0 Å². The lowest BCUT2D eigenvalue weighted by Gasteiger charge is -2.40. The molecule has 0 bridgehead atoms. The zero-order valence-corrected chi connectivity index (χ0v) is 10.7. The molecule has 0 spiro atoms. The molecule has 2 heteroatoms. The zero-order valence-electron chi connectivity index (χ0n) is 10.7. The molecule has 88 valence electrons. The minimum Gasteiger partial charge on any atom is -0.462 e. The van der Waals surface area contributed by atoms with E-state index in [2.05, 4.69) is 34.6 Å². The average molecular weight is 212 g/mol. The quantitative estimate of drug-likeness (QED) is 0.654. The van der Waals surface area contributed by atoms with Gasteiger partial charge in [0.2, 0.25) is 0 Å². The van der Waals surface area contributed by atoms with E-state index in [4.69, 9.17) is 4.74 Å². The van der Waals surface area contributed by atoms with Gasteiger partial charge in [-0.15, -0.1) is 0 Å². The fourth-order valence-electron chi connectivity index (χ4n) is 2.74. The molecular formula is C13H24O2. The second-order valence-corrected chi connectivity index (χ2v) is 6.60. The number of hydrogen-bond acceptors (Lipinski definition) is 2. The second kappa shape index (κ2) is 4.15. The van der Waals surface area contributed by atoms with Crippen molar-refractivity contribution in [3.63, 3.8) is 0 Å². The average Bonchev–Trinajstić information content (AvgIpc) is 1.99. The van der Waals surface area contributed by atoms with Crippen LogP contribution in [0.2, 0.25) is 0 Å². The highest BCUT2D eigenvalue weighted by Crippen LogP contribution is 2.40. The van der Waals surface area contributed by atoms with Crippen LogP contribution in [0.3, 0.4) is 0 Å². The Morgan fingerprint density at radius 1 is 1.27 bits per heavy atom. The number of carbonyl (C=O) groups is 1. The lowest BCUT2D eigenvalue weighted by atomic mass is 9.71. The Morgan fingerprint density at radius 2 is 1.87 bits per heavy atom. The summed E-state index contributed by atoms with van der Waals surface area (Å²) in [6.45, 7) is 11.1. The van der Waals surface area contributed by atoms with Gasteiger partial charge < -0.3 is 4.74 Å². The van der Waals surface area contributed by atoms with Gasteiger partial charge in [-0.25, -0.2) is 0 Å². The minimum absolute atomic E-state index is 0.0202. The van der Waals surface area contributed by atoms with Gasteiger partial charge in [0.05, 0.1) is 0 Å². The number of cyclic esters (lactones) is 1. The van der Waals surface area contributed by atoms with Crippen molar-refractivity contribution >= 4 is 5.97 Å². The molecular weight excluding hydrogens is 188 g/mol. The van der Waals surface area contributed by atoms with Crippen molar-refractivity contribution in [2.75, 3.05) is 0 Å². The van der Waals surface area contributed by atoms with E-state index in [9.17, 15) is 4.79 Å². The molecule has 1 saturated heterocycles. The Hall–Kier alpha value is -0.530. The van der Waals surface area contributed by atoms with Gasteiger partial charge in [0.25, 0.3) is 0 Å². The first-order chi connectivity index (χ1) is 6.71. The first-order valence-corrected chi connectivity index (χ1v) is 5.90. The van der Waals surface area contributed by atoms with Crippen LogP contribution in [0, 0.1) is 10.8 Å². The highest BCUT2D eigenvalue weighted by atomic mass is 16.5. The van der Waals surface area contributed by atoms with Gasteiger partial charge >= 0.3 is 5.97 Å². The molecule has 1 atom stereocenters. The molecule has 0 aromatic heterocycles. The highest BCUT2D eigenvalue weighted by molar-refractivity contribution is 5.70. The van der Waals surface area contributed by atoms with Gasteiger partial charge in [-0.05, 0) is 24.7 Å². The Bertz CT molecular complexity index is 235. The molecule has 0 N–H and O–H groups in total. The third-order valence-corrected chi connectivity index (χ3v) is 2.98. The number of rotatable bonds is 2. The highest BCUT2D eigenvalue weighted by Gasteiger charge is 2.37. The van der Waals surface area contributed by atoms with Crippen molar-refractivity contribution in [2.24, 2.45) is 10.8 Å². The molecule has 15 heavy (non-hydrogen) atoms. The standard InChI is InChI=1S/C13H24O2/c1-12(2,3)9-13(4,5)10-7-6-8-11(14)15-10/h10H,6-9H2,1-5H3. The van der Waals surface area contributed by atoms with Crippen molar-refractivity contribution in [3.05, 3.63) is 0 Å². The van der Waals surface area contributed by atoms with Crippen molar-refractivity contribution < 1.29 is 9.53 Å². The van der Waals surface area contributed by atoms with E-state index in [1.807, 2.05) is 0 Å². The van der Waals surface area contributed by atoms with E-state index in [0.29, 0.717) is 6.42 Å². The van der Waals surface area contributed by atoms with Crippen LogP contribution in [0.1, 0.15) is 60.3 Å². The summed E-state index contributed by atoms with van der Waals surface area (Å²) in [6, 6.07) is 0. The maximum absolute atomic E-state index is 11.3. The van der Waals surface area contributed by atoms with E-state index in [1.54, 1.807) is 0 Å². The van der Waals surface area contributed by atoms with Crippen LogP contribution in [-0.4, -0.2) is 12.1 Å². The smallest absolute Gasteiger partial charge is 0.306 e. The van der Waals surface area contributed by atoms with Gasteiger partial charge in [0, 0.05) is 11.8 Å². The fraction of sp³-hybridized carbons (Fsp3) is 0.923. The Morgan fingerprint density at radius 3 is 2.33 bits per heavy atom. The number of esters is 1. The van der Waals surface area contributed by atoms with Gasteiger partial charge in [0.1, 0.15) is 6.10 Å². The Labute approximate surface area is 93.4 Å². The predicted molar refractivity (Wildman–Crippen MR) is 61.6 cm³/mol. The summed E-state index contributed by atoms with van der Waals surface area (Å²) in [7, 11) is 0. The maximum Gasteiger partial charge on any atom is 0.306 e. The van der Waals surface area contributed by atoms with Gasteiger partial charge in [-0.1, -0.05) is 34.6 Å². The van der Waals surface area contributed by atoms with Crippen LogP contribution in [0.25, 0.3) is 0 Å². The monoisotopic (exact) mass is 212 g/mol. The third kappa shape index (κ3) is 3.84. The van der Waals surface area contributed by atoms with Crippen molar-refractivity contribution in [2.45, 2.75) is 66.4 Å². The molecule has 1 aliphatic rings. The number of ether oxygens (including phenoxy) is 1. The molecule has 0 radical (unpaired) electrons. The van der Waals surface area contributed by atoms with Crippen molar-refractivity contribution in [1.82, 2.24) is 0 Å². The molecule has 1 heterocycles. The first-order valence-electron chi connectivity index (χ1n) is 5.90. The fourth-order valence-corrected chi connectivity index (χ4v) is 2.74. The zero-order chi connectivity index (χ0) is 11.7. The van der Waals surface area contributed by atoms with E-state index >= 15 is 0 Å². The summed E-state index contributed by atoms with van der Waals surface area (Å²) in [5.74, 6) is -0.0202. The van der Waals surface area contributed by atoms with E-state index in [1.165, 1.54) is 0 Å². The summed E-state index contributed by atoms with van der Waals surface area (Å²) in [4.78, 5) is 11.3. The summed E-state index contributed by atoms with van der Waals surface area (Å²) in [5, 5.41) is 0. The maximum atomic E-state index is 11.3. The molecule has 1 unspecified atom stereocenters. The van der Waals surface area contributed by atoms with Crippen LogP contribution < -0.4 is 0 Å². The molecule has 0 saturated carbocycles. The van der Waals surface area contributed by atoms with Crippen LogP contribution in [0.4, 0.5) is 0 Å². The SMILES string of the molecule is CC(C)(C)CC(C)(C)C1CCCC(=O)O1. The Kier molecular flexibility index (Phi) is 3.47. The van der Waals surface area contributed by atoms with Crippen molar-refractivity contribution in [3.8, 4) is 0 Å². The van der Waals surface area contributed by atoms with Crippen molar-refractivity contribution in [1.29, 1.82) is 0 Å². The predicted octanol–water partition coefficient (Wildman–Crippen LogP) is 3.54. The van der Waals surface area contributed by atoms with Crippen LogP contribution >= 0.6 is 0 Å². The lowest BCUT2D eigenvalue weighted by molar-refractivity contribution is -0.162. The molecule has 0 aromatic rings. The first kappa shape index (κ1) is 12.5. The summed E-state index contributed by atoms with van der Waals surface area (Å²) >= 11 is 0. The molecule has 0 aromatic carbocycles. The molecule has 1 rings (SSSR count).